The van der Waals surface area contributed by atoms with Gasteiger partial charge in [-0.25, -0.2) is 8.78 Å². The topological polar surface area (TPSA) is 42.0 Å². The summed E-state index contributed by atoms with van der Waals surface area (Å²) >= 11 is 0. The van der Waals surface area contributed by atoms with Crippen LogP contribution in [0.2, 0.25) is 0 Å². The molecule has 2 aromatic rings. The van der Waals surface area contributed by atoms with Crippen LogP contribution >= 0.6 is 0 Å². The SMILES string of the molecule is COc1ccc(N2CCN(C(=O)C(C)Oc3ccc(F)cc3F)CC2)cc1. The zero-order valence-electron chi connectivity index (χ0n) is 15.3. The van der Waals surface area contributed by atoms with E-state index in [1.165, 1.54) is 6.07 Å². The fraction of sp³-hybridized carbons (Fsp3) is 0.350. The van der Waals surface area contributed by atoms with Gasteiger partial charge in [0.1, 0.15) is 11.6 Å². The zero-order valence-corrected chi connectivity index (χ0v) is 15.3. The molecule has 0 aliphatic carbocycles. The molecule has 0 saturated carbocycles. The molecule has 1 aliphatic rings. The monoisotopic (exact) mass is 376 g/mol. The number of nitrogens with zero attached hydrogens (tertiary/aromatic N) is 2. The van der Waals surface area contributed by atoms with E-state index < -0.39 is 17.7 Å². The lowest BCUT2D eigenvalue weighted by Gasteiger charge is -2.37. The Morgan fingerprint density at radius 2 is 1.70 bits per heavy atom. The second kappa shape index (κ2) is 8.24. The average molecular weight is 376 g/mol. The van der Waals surface area contributed by atoms with Gasteiger partial charge in [-0.2, -0.15) is 0 Å². The standard InChI is InChI=1S/C20H22F2N2O3/c1-14(27-19-8-3-15(21)13-18(19)22)20(25)24-11-9-23(10-12-24)16-4-6-17(26-2)7-5-16/h3-8,13-14H,9-12H2,1-2H3. The summed E-state index contributed by atoms with van der Waals surface area (Å²) in [5.41, 5.74) is 1.07. The number of hydrogen-bond donors (Lipinski definition) is 0. The zero-order chi connectivity index (χ0) is 19.4. The van der Waals surface area contributed by atoms with Gasteiger partial charge in [-0.05, 0) is 43.3 Å². The Kier molecular flexibility index (Phi) is 5.78. The minimum atomic E-state index is -0.850. The van der Waals surface area contributed by atoms with Crippen LogP contribution < -0.4 is 14.4 Å². The highest BCUT2D eigenvalue weighted by atomic mass is 19.1. The summed E-state index contributed by atoms with van der Waals surface area (Å²) in [5, 5.41) is 0. The van der Waals surface area contributed by atoms with Crippen LogP contribution in [0.3, 0.4) is 0 Å². The van der Waals surface area contributed by atoms with Crippen molar-refractivity contribution in [2.24, 2.45) is 0 Å². The first-order chi connectivity index (χ1) is 13.0. The normalized spacial score (nSPS) is 15.4. The van der Waals surface area contributed by atoms with Gasteiger partial charge in [0, 0.05) is 37.9 Å². The van der Waals surface area contributed by atoms with Crippen molar-refractivity contribution in [3.05, 3.63) is 54.1 Å². The van der Waals surface area contributed by atoms with Crippen molar-refractivity contribution in [2.75, 3.05) is 38.2 Å². The van der Waals surface area contributed by atoms with Crippen LogP contribution in [-0.2, 0) is 4.79 Å². The molecule has 2 aromatic carbocycles. The van der Waals surface area contributed by atoms with Gasteiger partial charge in [0.2, 0.25) is 0 Å². The summed E-state index contributed by atoms with van der Waals surface area (Å²) < 4.78 is 37.2. The van der Waals surface area contributed by atoms with Gasteiger partial charge in [0.25, 0.3) is 5.91 Å². The maximum Gasteiger partial charge on any atom is 0.263 e. The van der Waals surface area contributed by atoms with Crippen LogP contribution in [0.15, 0.2) is 42.5 Å². The van der Waals surface area contributed by atoms with E-state index in [-0.39, 0.29) is 11.7 Å². The van der Waals surface area contributed by atoms with Crippen molar-refractivity contribution in [1.29, 1.82) is 0 Å². The summed E-state index contributed by atoms with van der Waals surface area (Å²) in [6, 6.07) is 10.8. The molecule has 0 bridgehead atoms. The third-order valence-corrected chi connectivity index (χ3v) is 4.57. The third-order valence-electron chi connectivity index (χ3n) is 4.57. The number of carbonyl (C=O) groups is 1. The van der Waals surface area contributed by atoms with Gasteiger partial charge in [0.05, 0.1) is 7.11 Å². The quantitative estimate of drug-likeness (QED) is 0.804. The average Bonchev–Trinajstić information content (AvgIpc) is 2.69. The lowest BCUT2D eigenvalue weighted by atomic mass is 10.2. The number of hydrogen-bond acceptors (Lipinski definition) is 4. The molecule has 1 heterocycles. The number of methoxy groups -OCH3 is 1. The largest absolute Gasteiger partial charge is 0.497 e. The lowest BCUT2D eigenvalue weighted by Crippen LogP contribution is -2.52. The lowest BCUT2D eigenvalue weighted by molar-refractivity contribution is -0.138. The second-order valence-corrected chi connectivity index (χ2v) is 6.35. The molecule has 1 atom stereocenters. The molecule has 1 aliphatic heterocycles. The van der Waals surface area contributed by atoms with Crippen molar-refractivity contribution in [2.45, 2.75) is 13.0 Å². The molecule has 0 spiro atoms. The molecule has 1 unspecified atom stereocenters. The van der Waals surface area contributed by atoms with Gasteiger partial charge in [-0.15, -0.1) is 0 Å². The van der Waals surface area contributed by atoms with E-state index in [2.05, 4.69) is 4.90 Å². The highest BCUT2D eigenvalue weighted by molar-refractivity contribution is 5.81. The Bertz CT molecular complexity index is 790. The Hall–Kier alpha value is -2.83. The van der Waals surface area contributed by atoms with Crippen LogP contribution in [0.1, 0.15) is 6.92 Å². The highest BCUT2D eigenvalue weighted by Crippen LogP contribution is 2.22. The van der Waals surface area contributed by atoms with E-state index in [1.807, 2.05) is 24.3 Å². The summed E-state index contributed by atoms with van der Waals surface area (Å²) in [5.74, 6) is -1.05. The van der Waals surface area contributed by atoms with Crippen molar-refractivity contribution < 1.29 is 23.0 Å². The maximum atomic E-state index is 13.7. The molecule has 1 amide bonds. The number of anilines is 1. The number of amides is 1. The van der Waals surface area contributed by atoms with Crippen LogP contribution in [0, 0.1) is 11.6 Å². The molecule has 0 N–H and O–H groups in total. The Labute approximate surface area is 157 Å². The molecule has 7 heteroatoms. The highest BCUT2D eigenvalue weighted by Gasteiger charge is 2.26. The Morgan fingerprint density at radius 1 is 1.04 bits per heavy atom. The molecular weight excluding hydrogens is 354 g/mol. The fourth-order valence-electron chi connectivity index (χ4n) is 3.05. The summed E-state index contributed by atoms with van der Waals surface area (Å²) in [6.45, 7) is 4.04. The smallest absolute Gasteiger partial charge is 0.263 e. The molecule has 1 saturated heterocycles. The molecule has 1 fully saturated rings. The van der Waals surface area contributed by atoms with Crippen LogP contribution in [0.4, 0.5) is 14.5 Å². The van der Waals surface area contributed by atoms with Crippen molar-refractivity contribution in [3.63, 3.8) is 0 Å². The van der Waals surface area contributed by atoms with Gasteiger partial charge in [-0.3, -0.25) is 4.79 Å². The van der Waals surface area contributed by atoms with Crippen molar-refractivity contribution in [1.82, 2.24) is 4.90 Å². The van der Waals surface area contributed by atoms with E-state index in [1.54, 1.807) is 18.9 Å². The van der Waals surface area contributed by atoms with E-state index in [9.17, 15) is 13.6 Å². The number of ether oxygens (including phenoxy) is 2. The Balaban J connectivity index is 1.55. The fourth-order valence-corrected chi connectivity index (χ4v) is 3.05. The van der Waals surface area contributed by atoms with Gasteiger partial charge in [-0.1, -0.05) is 0 Å². The van der Waals surface area contributed by atoms with E-state index >= 15 is 0 Å². The number of carbonyl (C=O) groups excluding carboxylic acids is 1. The number of rotatable bonds is 5. The molecular formula is C20H22F2N2O3. The third kappa shape index (κ3) is 4.48. The minimum absolute atomic E-state index is 0.130. The maximum absolute atomic E-state index is 13.7. The van der Waals surface area contributed by atoms with Gasteiger partial charge < -0.3 is 19.3 Å². The number of halogens is 2. The van der Waals surface area contributed by atoms with Crippen LogP contribution in [0.25, 0.3) is 0 Å². The van der Waals surface area contributed by atoms with Gasteiger partial charge in [0.15, 0.2) is 17.7 Å². The molecule has 0 radical (unpaired) electrons. The first kappa shape index (κ1) is 18.9. The van der Waals surface area contributed by atoms with Gasteiger partial charge >= 0.3 is 0 Å². The van der Waals surface area contributed by atoms with Crippen LogP contribution in [0.5, 0.6) is 11.5 Å². The number of piperazine rings is 1. The second-order valence-electron chi connectivity index (χ2n) is 6.35. The molecule has 144 valence electrons. The predicted octanol–water partition coefficient (Wildman–Crippen LogP) is 3.09. The Morgan fingerprint density at radius 3 is 2.30 bits per heavy atom. The first-order valence-corrected chi connectivity index (χ1v) is 8.77. The van der Waals surface area contributed by atoms with E-state index in [0.717, 1.165) is 23.6 Å². The van der Waals surface area contributed by atoms with Crippen LogP contribution in [-0.4, -0.2) is 50.2 Å². The van der Waals surface area contributed by atoms with Crippen molar-refractivity contribution in [3.8, 4) is 11.5 Å². The number of benzene rings is 2. The first-order valence-electron chi connectivity index (χ1n) is 8.77. The molecule has 27 heavy (non-hydrogen) atoms. The van der Waals surface area contributed by atoms with Crippen molar-refractivity contribution >= 4 is 11.6 Å². The molecule has 5 nitrogen and oxygen atoms in total. The summed E-state index contributed by atoms with van der Waals surface area (Å²) in [6.07, 6.45) is -0.850. The molecule has 3 rings (SSSR count). The predicted molar refractivity (Wildman–Crippen MR) is 98.2 cm³/mol. The van der Waals surface area contributed by atoms with E-state index in [4.69, 9.17) is 9.47 Å². The summed E-state index contributed by atoms with van der Waals surface area (Å²) in [7, 11) is 1.63. The van der Waals surface area contributed by atoms with E-state index in [0.29, 0.717) is 26.2 Å². The minimum Gasteiger partial charge on any atom is -0.497 e. The summed E-state index contributed by atoms with van der Waals surface area (Å²) in [4.78, 5) is 16.5. The molecule has 0 aromatic heterocycles.